The van der Waals surface area contributed by atoms with Gasteiger partial charge in [-0.1, -0.05) is 18.2 Å². The van der Waals surface area contributed by atoms with Crippen LogP contribution in [0.4, 0.5) is 17.1 Å². The van der Waals surface area contributed by atoms with Crippen molar-refractivity contribution < 1.29 is 9.53 Å². The molecule has 1 amide bonds. The lowest BCUT2D eigenvalue weighted by molar-refractivity contribution is 0.102. The topological polar surface area (TPSA) is 67.6 Å². The van der Waals surface area contributed by atoms with Gasteiger partial charge in [-0.3, -0.25) is 4.79 Å². The third kappa shape index (κ3) is 3.46. The Balaban J connectivity index is 1.88. The molecule has 5 nitrogen and oxygen atoms in total. The second kappa shape index (κ2) is 6.71. The second-order valence-corrected chi connectivity index (χ2v) is 5.65. The van der Waals surface area contributed by atoms with E-state index in [4.69, 9.17) is 10.5 Å². The average molecular weight is 311 g/mol. The number of anilines is 3. The molecule has 0 unspecified atom stereocenters. The van der Waals surface area contributed by atoms with Gasteiger partial charge in [-0.25, -0.2) is 0 Å². The largest absolute Gasteiger partial charge is 0.399 e. The molecule has 2 aromatic carbocycles. The van der Waals surface area contributed by atoms with E-state index in [1.165, 1.54) is 0 Å². The summed E-state index contributed by atoms with van der Waals surface area (Å²) >= 11 is 0. The molecular formula is C18H21N3O2. The fraction of sp³-hybridized carbons (Fsp3) is 0.278. The summed E-state index contributed by atoms with van der Waals surface area (Å²) in [7, 11) is 0. The van der Waals surface area contributed by atoms with Gasteiger partial charge in [-0.15, -0.1) is 0 Å². The number of nitrogen functional groups attached to an aromatic ring is 1. The number of ether oxygens (including phenoxy) is 1. The molecule has 1 aliphatic heterocycles. The van der Waals surface area contributed by atoms with E-state index in [9.17, 15) is 4.79 Å². The van der Waals surface area contributed by atoms with Gasteiger partial charge in [0.2, 0.25) is 0 Å². The van der Waals surface area contributed by atoms with Crippen LogP contribution in [0.5, 0.6) is 0 Å². The van der Waals surface area contributed by atoms with E-state index in [1.54, 1.807) is 6.07 Å². The van der Waals surface area contributed by atoms with E-state index in [-0.39, 0.29) is 5.91 Å². The standard InChI is InChI=1S/C18H21N3O2/c1-13-4-2-3-5-15(13)18(22)20-16-12-14(19)6-7-17(16)21-8-10-23-11-9-21/h2-7,12H,8-11,19H2,1H3,(H,20,22). The van der Waals surface area contributed by atoms with Crippen molar-refractivity contribution in [2.45, 2.75) is 6.92 Å². The Labute approximate surface area is 136 Å². The summed E-state index contributed by atoms with van der Waals surface area (Å²) in [6, 6.07) is 13.2. The molecule has 0 atom stereocenters. The van der Waals surface area contributed by atoms with Crippen LogP contribution in [0.3, 0.4) is 0 Å². The van der Waals surface area contributed by atoms with Crippen LogP contribution in [0.15, 0.2) is 42.5 Å². The van der Waals surface area contributed by atoms with Crippen molar-refractivity contribution in [3.63, 3.8) is 0 Å². The number of nitrogens with two attached hydrogens (primary N) is 1. The highest BCUT2D eigenvalue weighted by molar-refractivity contribution is 6.07. The molecule has 1 aliphatic rings. The highest BCUT2D eigenvalue weighted by Gasteiger charge is 2.17. The number of aryl methyl sites for hydroxylation is 1. The van der Waals surface area contributed by atoms with E-state index in [0.717, 1.165) is 30.0 Å². The van der Waals surface area contributed by atoms with Crippen molar-refractivity contribution in [2.24, 2.45) is 0 Å². The Morgan fingerprint density at radius 2 is 1.91 bits per heavy atom. The molecule has 2 aromatic rings. The molecule has 0 radical (unpaired) electrons. The van der Waals surface area contributed by atoms with Gasteiger partial charge in [-0.05, 0) is 36.8 Å². The maximum absolute atomic E-state index is 12.6. The Kier molecular flexibility index (Phi) is 4.48. The SMILES string of the molecule is Cc1ccccc1C(=O)Nc1cc(N)ccc1N1CCOCC1. The third-order valence-electron chi connectivity index (χ3n) is 4.01. The van der Waals surface area contributed by atoms with E-state index < -0.39 is 0 Å². The molecule has 23 heavy (non-hydrogen) atoms. The van der Waals surface area contributed by atoms with E-state index in [2.05, 4.69) is 10.2 Å². The maximum atomic E-state index is 12.6. The average Bonchev–Trinajstić information content (AvgIpc) is 2.56. The number of hydrogen-bond donors (Lipinski definition) is 2. The van der Waals surface area contributed by atoms with Crippen molar-refractivity contribution >= 4 is 23.0 Å². The molecule has 0 aliphatic carbocycles. The number of rotatable bonds is 3. The summed E-state index contributed by atoms with van der Waals surface area (Å²) in [5.41, 5.74) is 9.86. The highest BCUT2D eigenvalue weighted by atomic mass is 16.5. The van der Waals surface area contributed by atoms with Crippen molar-refractivity contribution in [2.75, 3.05) is 42.3 Å². The molecule has 3 N–H and O–H groups in total. The smallest absolute Gasteiger partial charge is 0.255 e. The van der Waals surface area contributed by atoms with Crippen LogP contribution in [0.2, 0.25) is 0 Å². The predicted molar refractivity (Wildman–Crippen MR) is 93.0 cm³/mol. The van der Waals surface area contributed by atoms with Crippen molar-refractivity contribution in [1.82, 2.24) is 0 Å². The minimum atomic E-state index is -0.122. The summed E-state index contributed by atoms with van der Waals surface area (Å²) in [5.74, 6) is -0.122. The van der Waals surface area contributed by atoms with Gasteiger partial charge in [0.1, 0.15) is 0 Å². The number of carbonyl (C=O) groups excluding carboxylic acids is 1. The third-order valence-corrected chi connectivity index (χ3v) is 4.01. The number of benzene rings is 2. The van der Waals surface area contributed by atoms with E-state index in [1.807, 2.05) is 43.3 Å². The van der Waals surface area contributed by atoms with Crippen LogP contribution < -0.4 is 16.0 Å². The number of nitrogens with one attached hydrogen (secondary N) is 1. The predicted octanol–water partition coefficient (Wildman–Crippen LogP) is 2.67. The number of amides is 1. The molecule has 3 rings (SSSR count). The molecule has 1 heterocycles. The normalized spacial score (nSPS) is 14.6. The lowest BCUT2D eigenvalue weighted by Crippen LogP contribution is -2.36. The zero-order valence-electron chi connectivity index (χ0n) is 13.2. The lowest BCUT2D eigenvalue weighted by atomic mass is 10.1. The molecule has 5 heteroatoms. The zero-order valence-corrected chi connectivity index (χ0v) is 13.2. The van der Waals surface area contributed by atoms with Crippen LogP contribution in [0, 0.1) is 6.92 Å². The van der Waals surface area contributed by atoms with Crippen molar-refractivity contribution in [1.29, 1.82) is 0 Å². The Bertz CT molecular complexity index is 709. The first kappa shape index (κ1) is 15.4. The van der Waals surface area contributed by atoms with Gasteiger partial charge in [-0.2, -0.15) is 0 Å². The Morgan fingerprint density at radius 1 is 1.17 bits per heavy atom. The molecule has 0 saturated carbocycles. The quantitative estimate of drug-likeness (QED) is 0.855. The second-order valence-electron chi connectivity index (χ2n) is 5.65. The molecule has 120 valence electrons. The first-order valence-electron chi connectivity index (χ1n) is 7.74. The lowest BCUT2D eigenvalue weighted by Gasteiger charge is -2.30. The Morgan fingerprint density at radius 3 is 2.65 bits per heavy atom. The summed E-state index contributed by atoms with van der Waals surface area (Å²) < 4.78 is 5.40. The number of hydrogen-bond acceptors (Lipinski definition) is 4. The summed E-state index contributed by atoms with van der Waals surface area (Å²) in [6.07, 6.45) is 0. The fourth-order valence-corrected chi connectivity index (χ4v) is 2.75. The monoisotopic (exact) mass is 311 g/mol. The van der Waals surface area contributed by atoms with E-state index in [0.29, 0.717) is 24.5 Å². The van der Waals surface area contributed by atoms with Crippen LogP contribution in [-0.2, 0) is 4.74 Å². The molecule has 1 saturated heterocycles. The molecule has 1 fully saturated rings. The summed E-state index contributed by atoms with van der Waals surface area (Å²) in [6.45, 7) is 4.91. The zero-order chi connectivity index (χ0) is 16.2. The van der Waals surface area contributed by atoms with Gasteiger partial charge < -0.3 is 20.7 Å². The Hall–Kier alpha value is -2.53. The number of nitrogens with zero attached hydrogens (tertiary/aromatic N) is 1. The van der Waals surface area contributed by atoms with Gasteiger partial charge in [0.25, 0.3) is 5.91 Å². The van der Waals surface area contributed by atoms with E-state index >= 15 is 0 Å². The van der Waals surface area contributed by atoms with Crippen molar-refractivity contribution in [3.05, 3.63) is 53.6 Å². The molecule has 0 spiro atoms. The van der Waals surface area contributed by atoms with Crippen LogP contribution in [-0.4, -0.2) is 32.2 Å². The van der Waals surface area contributed by atoms with Gasteiger partial charge >= 0.3 is 0 Å². The summed E-state index contributed by atoms with van der Waals surface area (Å²) in [5, 5.41) is 3.00. The first-order valence-corrected chi connectivity index (χ1v) is 7.74. The summed E-state index contributed by atoms with van der Waals surface area (Å²) in [4.78, 5) is 14.8. The van der Waals surface area contributed by atoms with Gasteiger partial charge in [0, 0.05) is 24.3 Å². The van der Waals surface area contributed by atoms with Gasteiger partial charge in [0.15, 0.2) is 0 Å². The van der Waals surface area contributed by atoms with Crippen LogP contribution in [0.1, 0.15) is 15.9 Å². The molecule has 0 bridgehead atoms. The minimum Gasteiger partial charge on any atom is -0.399 e. The number of morpholine rings is 1. The number of carbonyl (C=O) groups is 1. The van der Waals surface area contributed by atoms with Crippen LogP contribution in [0.25, 0.3) is 0 Å². The minimum absolute atomic E-state index is 0.122. The maximum Gasteiger partial charge on any atom is 0.255 e. The first-order chi connectivity index (χ1) is 11.1. The fourth-order valence-electron chi connectivity index (χ4n) is 2.75. The molecule has 0 aromatic heterocycles. The highest BCUT2D eigenvalue weighted by Crippen LogP contribution is 2.29. The van der Waals surface area contributed by atoms with Gasteiger partial charge in [0.05, 0.1) is 24.6 Å². The molecular weight excluding hydrogens is 290 g/mol. The van der Waals surface area contributed by atoms with Crippen LogP contribution >= 0.6 is 0 Å². The van der Waals surface area contributed by atoms with Crippen molar-refractivity contribution in [3.8, 4) is 0 Å².